The molecule has 162 valence electrons. The van der Waals surface area contributed by atoms with Gasteiger partial charge in [-0.25, -0.2) is 14.6 Å². The average molecular weight is 413 g/mol. The zero-order valence-corrected chi connectivity index (χ0v) is 18.6. The predicted molar refractivity (Wildman–Crippen MR) is 118 cm³/mol. The number of amidine groups is 1. The van der Waals surface area contributed by atoms with Crippen LogP contribution >= 0.6 is 0 Å². The molecule has 0 aromatic heterocycles. The fourth-order valence-electron chi connectivity index (χ4n) is 2.65. The van der Waals surface area contributed by atoms with Crippen molar-refractivity contribution in [2.24, 2.45) is 4.99 Å². The molecule has 0 amide bonds. The van der Waals surface area contributed by atoms with E-state index < -0.39 is 5.97 Å². The average Bonchev–Trinajstić information content (AvgIpc) is 2.69. The molecule has 0 heterocycles. The molecule has 0 fully saturated rings. The third-order valence-corrected chi connectivity index (χ3v) is 4.05. The summed E-state index contributed by atoms with van der Waals surface area (Å²) < 4.78 is 5.20. The molecule has 6 heteroatoms. The SMILES string of the molecule is CCOC(=O)C(=NCc1ccc(COOC(C)(C)C)cc1)N(C)Cc1ccccc1. The summed E-state index contributed by atoms with van der Waals surface area (Å²) in [6, 6.07) is 17.8. The van der Waals surface area contributed by atoms with Gasteiger partial charge in [-0.2, -0.15) is 0 Å². The molecule has 0 aliphatic carbocycles. The van der Waals surface area contributed by atoms with Crippen molar-refractivity contribution in [3.63, 3.8) is 0 Å². The molecule has 0 saturated carbocycles. The van der Waals surface area contributed by atoms with Crippen LogP contribution in [-0.2, 0) is 39.0 Å². The summed E-state index contributed by atoms with van der Waals surface area (Å²) in [6.07, 6.45) is 0. The number of aliphatic imine (C=N–C) groups is 1. The summed E-state index contributed by atoms with van der Waals surface area (Å²) in [5.74, 6) is -0.105. The minimum Gasteiger partial charge on any atom is -0.460 e. The van der Waals surface area contributed by atoms with Crippen molar-refractivity contribution in [1.82, 2.24) is 4.90 Å². The van der Waals surface area contributed by atoms with Crippen LogP contribution < -0.4 is 0 Å². The Bertz CT molecular complexity index is 811. The number of nitrogens with zero attached hydrogens (tertiary/aromatic N) is 2. The minimum absolute atomic E-state index is 0.308. The van der Waals surface area contributed by atoms with E-state index in [4.69, 9.17) is 14.5 Å². The van der Waals surface area contributed by atoms with Gasteiger partial charge in [0.1, 0.15) is 6.61 Å². The predicted octanol–water partition coefficient (Wildman–Crippen LogP) is 4.53. The Morgan fingerprint density at radius 1 is 0.967 bits per heavy atom. The van der Waals surface area contributed by atoms with E-state index in [1.165, 1.54) is 0 Å². The van der Waals surface area contributed by atoms with Crippen LogP contribution in [0.1, 0.15) is 44.4 Å². The Hall–Kier alpha value is -2.70. The third kappa shape index (κ3) is 8.35. The maximum absolute atomic E-state index is 12.4. The number of carbonyl (C=O) groups excluding carboxylic acids is 1. The lowest BCUT2D eigenvalue weighted by Crippen LogP contribution is -2.34. The highest BCUT2D eigenvalue weighted by Crippen LogP contribution is 2.12. The zero-order chi connectivity index (χ0) is 22.0. The van der Waals surface area contributed by atoms with Gasteiger partial charge in [-0.15, -0.1) is 0 Å². The zero-order valence-electron chi connectivity index (χ0n) is 18.6. The van der Waals surface area contributed by atoms with Crippen LogP contribution in [0.15, 0.2) is 59.6 Å². The van der Waals surface area contributed by atoms with E-state index in [1.54, 1.807) is 6.92 Å². The minimum atomic E-state index is -0.416. The summed E-state index contributed by atoms with van der Waals surface area (Å²) >= 11 is 0. The Labute approximate surface area is 179 Å². The Balaban J connectivity index is 2.02. The van der Waals surface area contributed by atoms with Crippen LogP contribution in [0.2, 0.25) is 0 Å². The molecule has 0 unspecified atom stereocenters. The molecular formula is C24H32N2O4. The summed E-state index contributed by atoms with van der Waals surface area (Å²) in [5.41, 5.74) is 2.74. The third-order valence-electron chi connectivity index (χ3n) is 4.05. The lowest BCUT2D eigenvalue weighted by atomic mass is 10.1. The maximum atomic E-state index is 12.4. The second-order valence-corrected chi connectivity index (χ2v) is 7.98. The number of benzene rings is 2. The molecule has 0 aliphatic rings. The number of esters is 1. The molecule has 30 heavy (non-hydrogen) atoms. The van der Waals surface area contributed by atoms with Crippen molar-refractivity contribution < 1.29 is 19.3 Å². The van der Waals surface area contributed by atoms with Crippen LogP contribution in [0, 0.1) is 0 Å². The van der Waals surface area contributed by atoms with Gasteiger partial charge in [-0.05, 0) is 44.4 Å². The molecule has 0 saturated heterocycles. The normalized spacial score (nSPS) is 12.0. The first-order valence-corrected chi connectivity index (χ1v) is 10.1. The van der Waals surface area contributed by atoms with E-state index in [0.29, 0.717) is 32.1 Å². The number of likely N-dealkylation sites (N-methyl/N-ethyl adjacent to an activating group) is 1. The van der Waals surface area contributed by atoms with Crippen LogP contribution in [0.25, 0.3) is 0 Å². The van der Waals surface area contributed by atoms with E-state index in [1.807, 2.05) is 87.3 Å². The molecule has 0 atom stereocenters. The van der Waals surface area contributed by atoms with Crippen LogP contribution in [-0.4, -0.2) is 36.0 Å². The summed E-state index contributed by atoms with van der Waals surface area (Å²) in [6.45, 7) is 9.22. The number of hydrogen-bond donors (Lipinski definition) is 0. The van der Waals surface area contributed by atoms with Crippen molar-refractivity contribution in [1.29, 1.82) is 0 Å². The molecule has 0 spiro atoms. The van der Waals surface area contributed by atoms with Crippen molar-refractivity contribution in [2.75, 3.05) is 13.7 Å². The lowest BCUT2D eigenvalue weighted by molar-refractivity contribution is -0.356. The molecular weight excluding hydrogens is 380 g/mol. The molecule has 6 nitrogen and oxygen atoms in total. The first-order valence-electron chi connectivity index (χ1n) is 10.1. The lowest BCUT2D eigenvalue weighted by Gasteiger charge is -2.20. The Morgan fingerprint density at radius 2 is 1.60 bits per heavy atom. The van der Waals surface area contributed by atoms with E-state index in [-0.39, 0.29) is 5.60 Å². The van der Waals surface area contributed by atoms with Gasteiger partial charge in [-0.1, -0.05) is 54.6 Å². The van der Waals surface area contributed by atoms with Crippen molar-refractivity contribution >= 4 is 11.8 Å². The van der Waals surface area contributed by atoms with Gasteiger partial charge in [0.05, 0.1) is 18.8 Å². The fourth-order valence-corrected chi connectivity index (χ4v) is 2.65. The van der Waals surface area contributed by atoms with Gasteiger partial charge >= 0.3 is 5.97 Å². The van der Waals surface area contributed by atoms with E-state index in [2.05, 4.69) is 4.99 Å². The van der Waals surface area contributed by atoms with Gasteiger partial charge in [0, 0.05) is 13.6 Å². The van der Waals surface area contributed by atoms with Gasteiger partial charge < -0.3 is 9.64 Å². The monoisotopic (exact) mass is 412 g/mol. The van der Waals surface area contributed by atoms with Crippen LogP contribution in [0.3, 0.4) is 0 Å². The number of ether oxygens (including phenoxy) is 1. The molecule has 0 radical (unpaired) electrons. The quantitative estimate of drug-likeness (QED) is 0.210. The second kappa shape index (κ2) is 11.5. The van der Waals surface area contributed by atoms with Crippen molar-refractivity contribution in [2.45, 2.75) is 53.0 Å². The standard InChI is InChI=1S/C24H32N2O4/c1-6-28-23(27)22(26(5)17-20-10-8-7-9-11-20)25-16-19-12-14-21(15-13-19)18-29-30-24(2,3)4/h7-15H,6,16-18H2,1-5H3. The number of rotatable bonds is 8. The highest BCUT2D eigenvalue weighted by atomic mass is 17.2. The largest absolute Gasteiger partial charge is 0.460 e. The van der Waals surface area contributed by atoms with Crippen LogP contribution in [0.5, 0.6) is 0 Å². The van der Waals surface area contributed by atoms with Gasteiger partial charge in [0.25, 0.3) is 0 Å². The molecule has 2 aromatic rings. The van der Waals surface area contributed by atoms with E-state index >= 15 is 0 Å². The fraction of sp³-hybridized carbons (Fsp3) is 0.417. The smallest absolute Gasteiger partial charge is 0.373 e. The molecule has 0 N–H and O–H groups in total. The second-order valence-electron chi connectivity index (χ2n) is 7.98. The van der Waals surface area contributed by atoms with E-state index in [0.717, 1.165) is 16.7 Å². The van der Waals surface area contributed by atoms with Gasteiger partial charge in [0.2, 0.25) is 5.84 Å². The summed E-state index contributed by atoms with van der Waals surface area (Å²) in [7, 11) is 1.85. The Kier molecular flexibility index (Phi) is 9.02. The molecule has 2 rings (SSSR count). The van der Waals surface area contributed by atoms with Crippen molar-refractivity contribution in [3.05, 3.63) is 71.3 Å². The topological polar surface area (TPSA) is 60.4 Å². The van der Waals surface area contributed by atoms with Crippen molar-refractivity contribution in [3.8, 4) is 0 Å². The number of hydrogen-bond acceptors (Lipinski definition) is 5. The molecule has 2 aromatic carbocycles. The highest BCUT2D eigenvalue weighted by molar-refractivity contribution is 6.35. The Morgan fingerprint density at radius 3 is 2.20 bits per heavy atom. The van der Waals surface area contributed by atoms with E-state index in [9.17, 15) is 4.79 Å². The first-order chi connectivity index (χ1) is 14.3. The van der Waals surface area contributed by atoms with Gasteiger partial charge in [0.15, 0.2) is 0 Å². The molecule has 0 bridgehead atoms. The maximum Gasteiger partial charge on any atom is 0.373 e. The highest BCUT2D eigenvalue weighted by Gasteiger charge is 2.18. The number of carbonyl (C=O) groups is 1. The summed E-state index contributed by atoms with van der Waals surface area (Å²) in [5, 5.41) is 0. The molecule has 0 aliphatic heterocycles. The first kappa shape index (κ1) is 23.6. The van der Waals surface area contributed by atoms with Gasteiger partial charge in [-0.3, -0.25) is 4.99 Å². The summed E-state index contributed by atoms with van der Waals surface area (Å²) in [4.78, 5) is 29.3. The van der Waals surface area contributed by atoms with Crippen LogP contribution in [0.4, 0.5) is 0 Å².